The molecular formula is C7H16O4. The van der Waals surface area contributed by atoms with Gasteiger partial charge in [-0.15, -0.1) is 0 Å². The molecule has 0 aromatic rings. The zero-order valence-corrected chi connectivity index (χ0v) is 6.90. The molecule has 0 heterocycles. The molecule has 0 aromatic heterocycles. The third-order valence-electron chi connectivity index (χ3n) is 1.38. The Morgan fingerprint density at radius 2 is 1.73 bits per heavy atom. The molecule has 1 unspecified atom stereocenters. The summed E-state index contributed by atoms with van der Waals surface area (Å²) in [7, 11) is 0. The summed E-state index contributed by atoms with van der Waals surface area (Å²) in [6.45, 7) is 2.86. The van der Waals surface area contributed by atoms with Crippen LogP contribution in [-0.2, 0) is 4.74 Å². The monoisotopic (exact) mass is 164 g/mol. The average Bonchev–Trinajstić information content (AvgIpc) is 1.99. The predicted octanol–water partition coefficient (Wildman–Crippen LogP) is -0.875. The van der Waals surface area contributed by atoms with E-state index in [0.717, 1.165) is 0 Å². The third-order valence-corrected chi connectivity index (χ3v) is 1.38. The number of aliphatic hydroxyl groups excluding tert-OH is 3. The van der Waals surface area contributed by atoms with Crippen LogP contribution in [0.15, 0.2) is 0 Å². The Balaban J connectivity index is 3.68. The molecule has 0 bridgehead atoms. The highest BCUT2D eigenvalue weighted by molar-refractivity contribution is 4.64. The lowest BCUT2D eigenvalue weighted by Gasteiger charge is -2.21. The van der Waals surface area contributed by atoms with Crippen LogP contribution >= 0.6 is 0 Å². The van der Waals surface area contributed by atoms with Crippen molar-refractivity contribution in [2.75, 3.05) is 13.2 Å². The van der Waals surface area contributed by atoms with Crippen molar-refractivity contribution >= 4 is 0 Å². The highest BCUT2D eigenvalue weighted by Crippen LogP contribution is 2.01. The molecular weight excluding hydrogens is 148 g/mol. The van der Waals surface area contributed by atoms with Crippen LogP contribution in [0.5, 0.6) is 0 Å². The molecule has 4 nitrogen and oxygen atoms in total. The van der Waals surface area contributed by atoms with E-state index < -0.39 is 12.2 Å². The second-order valence-electron chi connectivity index (χ2n) is 2.59. The van der Waals surface area contributed by atoms with Crippen LogP contribution in [0, 0.1) is 0 Å². The summed E-state index contributed by atoms with van der Waals surface area (Å²) in [5.74, 6) is 0. The molecule has 68 valence electrons. The minimum Gasteiger partial charge on any atom is -0.394 e. The maximum Gasteiger partial charge on any atom is 0.107 e. The molecule has 0 spiro atoms. The van der Waals surface area contributed by atoms with Gasteiger partial charge in [0, 0.05) is 0 Å². The molecule has 0 saturated carbocycles. The normalized spacial score (nSPS) is 19.4. The lowest BCUT2D eigenvalue weighted by Crippen LogP contribution is -2.34. The van der Waals surface area contributed by atoms with E-state index in [4.69, 9.17) is 20.1 Å². The van der Waals surface area contributed by atoms with Crippen molar-refractivity contribution in [3.05, 3.63) is 0 Å². The molecule has 4 heteroatoms. The first-order chi connectivity index (χ1) is 5.11. The standard InChI is InChI=1S/C7H16O4/c1-5(3-8)11-7(4-9)6(2)10/h5-10H,3-4H2,1-2H3/t5-,6?,7-/m0/s1. The quantitative estimate of drug-likeness (QED) is 0.494. The first-order valence-electron chi connectivity index (χ1n) is 3.67. The van der Waals surface area contributed by atoms with Gasteiger partial charge in [0.25, 0.3) is 0 Å². The van der Waals surface area contributed by atoms with Gasteiger partial charge in [-0.25, -0.2) is 0 Å². The van der Waals surface area contributed by atoms with E-state index in [1.165, 1.54) is 6.92 Å². The molecule has 0 aliphatic heterocycles. The molecule has 11 heavy (non-hydrogen) atoms. The zero-order chi connectivity index (χ0) is 8.85. The average molecular weight is 164 g/mol. The van der Waals surface area contributed by atoms with E-state index in [1.54, 1.807) is 6.92 Å². The van der Waals surface area contributed by atoms with Crippen molar-refractivity contribution in [1.29, 1.82) is 0 Å². The molecule has 3 N–H and O–H groups in total. The van der Waals surface area contributed by atoms with Crippen molar-refractivity contribution in [1.82, 2.24) is 0 Å². The summed E-state index contributed by atoms with van der Waals surface area (Å²) in [5.41, 5.74) is 0. The van der Waals surface area contributed by atoms with Gasteiger partial charge in [0.2, 0.25) is 0 Å². The SMILES string of the molecule is CC(O)[C@H](CO)O[C@@H](C)CO. The zero-order valence-electron chi connectivity index (χ0n) is 6.90. The molecule has 0 aliphatic rings. The van der Waals surface area contributed by atoms with Gasteiger partial charge < -0.3 is 20.1 Å². The summed E-state index contributed by atoms with van der Waals surface area (Å²) in [6.07, 6.45) is -1.66. The molecule has 0 aliphatic carbocycles. The van der Waals surface area contributed by atoms with Crippen LogP contribution in [0.2, 0.25) is 0 Å². The number of rotatable bonds is 5. The Morgan fingerprint density at radius 3 is 2.00 bits per heavy atom. The molecule has 0 rings (SSSR count). The summed E-state index contributed by atoms with van der Waals surface area (Å²) < 4.78 is 5.06. The van der Waals surface area contributed by atoms with Gasteiger partial charge in [-0.3, -0.25) is 0 Å². The largest absolute Gasteiger partial charge is 0.394 e. The van der Waals surface area contributed by atoms with E-state index in [0.29, 0.717) is 0 Å². The van der Waals surface area contributed by atoms with Crippen molar-refractivity contribution in [2.24, 2.45) is 0 Å². The summed E-state index contributed by atoms with van der Waals surface area (Å²) >= 11 is 0. The van der Waals surface area contributed by atoms with Gasteiger partial charge in [-0.1, -0.05) is 0 Å². The van der Waals surface area contributed by atoms with Crippen LogP contribution < -0.4 is 0 Å². The molecule has 0 radical (unpaired) electrons. The Hall–Kier alpha value is -0.160. The van der Waals surface area contributed by atoms with Crippen LogP contribution in [0.3, 0.4) is 0 Å². The van der Waals surface area contributed by atoms with Crippen LogP contribution in [0.1, 0.15) is 13.8 Å². The summed E-state index contributed by atoms with van der Waals surface area (Å²) in [4.78, 5) is 0. The number of hydrogen-bond donors (Lipinski definition) is 3. The van der Waals surface area contributed by atoms with Crippen molar-refractivity contribution in [3.63, 3.8) is 0 Å². The molecule has 0 amide bonds. The van der Waals surface area contributed by atoms with E-state index in [2.05, 4.69) is 0 Å². The first kappa shape index (κ1) is 10.8. The minimum absolute atomic E-state index is 0.108. The Kier molecular flexibility index (Phi) is 5.41. The number of ether oxygens (including phenoxy) is 1. The third kappa shape index (κ3) is 4.31. The summed E-state index contributed by atoms with van der Waals surface area (Å²) in [5, 5.41) is 26.2. The predicted molar refractivity (Wildman–Crippen MR) is 40.2 cm³/mol. The van der Waals surface area contributed by atoms with Gasteiger partial charge in [0.15, 0.2) is 0 Å². The molecule has 3 atom stereocenters. The molecule has 0 aromatic carbocycles. The van der Waals surface area contributed by atoms with Gasteiger partial charge in [-0.2, -0.15) is 0 Å². The fraction of sp³-hybridized carbons (Fsp3) is 1.00. The highest BCUT2D eigenvalue weighted by Gasteiger charge is 2.16. The summed E-state index contributed by atoms with van der Waals surface area (Å²) in [6, 6.07) is 0. The van der Waals surface area contributed by atoms with Gasteiger partial charge >= 0.3 is 0 Å². The van der Waals surface area contributed by atoms with Crippen molar-refractivity contribution in [2.45, 2.75) is 32.2 Å². The highest BCUT2D eigenvalue weighted by atomic mass is 16.5. The fourth-order valence-corrected chi connectivity index (χ4v) is 0.651. The smallest absolute Gasteiger partial charge is 0.107 e. The van der Waals surface area contributed by atoms with Gasteiger partial charge in [0.05, 0.1) is 25.4 Å². The molecule has 0 fully saturated rings. The second kappa shape index (κ2) is 5.49. The Labute approximate surface area is 66.4 Å². The van der Waals surface area contributed by atoms with E-state index in [1.807, 2.05) is 0 Å². The Bertz CT molecular complexity index is 94.4. The first-order valence-corrected chi connectivity index (χ1v) is 3.67. The maximum absolute atomic E-state index is 8.99. The van der Waals surface area contributed by atoms with E-state index in [9.17, 15) is 0 Å². The van der Waals surface area contributed by atoms with Crippen LogP contribution in [-0.4, -0.2) is 46.8 Å². The number of hydrogen-bond acceptors (Lipinski definition) is 4. The minimum atomic E-state index is -0.714. The topological polar surface area (TPSA) is 69.9 Å². The Morgan fingerprint density at radius 1 is 1.18 bits per heavy atom. The van der Waals surface area contributed by atoms with Crippen LogP contribution in [0.4, 0.5) is 0 Å². The van der Waals surface area contributed by atoms with Gasteiger partial charge in [-0.05, 0) is 13.8 Å². The van der Waals surface area contributed by atoms with Crippen molar-refractivity contribution in [3.8, 4) is 0 Å². The number of aliphatic hydroxyl groups is 3. The second-order valence-corrected chi connectivity index (χ2v) is 2.59. The maximum atomic E-state index is 8.99. The van der Waals surface area contributed by atoms with Crippen LogP contribution in [0.25, 0.3) is 0 Å². The lowest BCUT2D eigenvalue weighted by atomic mass is 10.2. The van der Waals surface area contributed by atoms with E-state index >= 15 is 0 Å². The van der Waals surface area contributed by atoms with Gasteiger partial charge in [0.1, 0.15) is 6.10 Å². The van der Waals surface area contributed by atoms with Crippen molar-refractivity contribution < 1.29 is 20.1 Å². The molecule has 0 saturated heterocycles. The lowest BCUT2D eigenvalue weighted by molar-refractivity contribution is -0.0986. The van der Waals surface area contributed by atoms with E-state index in [-0.39, 0.29) is 19.3 Å². The fourth-order valence-electron chi connectivity index (χ4n) is 0.651.